The molecule has 2 amide bonds. The Morgan fingerprint density at radius 2 is 0.905 bits per heavy atom. The van der Waals surface area contributed by atoms with Gasteiger partial charge in [0.1, 0.15) is 0 Å². The maximum atomic E-state index is 12.5. The lowest BCUT2D eigenvalue weighted by Gasteiger charge is -2.29. The molecule has 1 fully saturated rings. The van der Waals surface area contributed by atoms with Gasteiger partial charge in [-0.2, -0.15) is 5.06 Å². The van der Waals surface area contributed by atoms with Crippen LogP contribution in [0.2, 0.25) is 0 Å². The number of nitrogens with zero attached hydrogens (tertiary/aromatic N) is 1. The van der Waals surface area contributed by atoms with Crippen molar-refractivity contribution in [1.82, 2.24) is 15.7 Å². The second-order valence-electron chi connectivity index (χ2n) is 12.9. The summed E-state index contributed by atoms with van der Waals surface area (Å²) in [6.07, 6.45) is 33.0. The van der Waals surface area contributed by atoms with Crippen LogP contribution in [0.3, 0.4) is 0 Å². The number of hydrogen-bond acceptors (Lipinski definition) is 4. The number of hydroxylamine groups is 2. The van der Waals surface area contributed by atoms with E-state index in [-0.39, 0.29) is 17.9 Å². The van der Waals surface area contributed by atoms with Crippen molar-refractivity contribution in [3.05, 3.63) is 0 Å². The third-order valence-electron chi connectivity index (χ3n) is 8.73. The Kier molecular flexibility index (Phi) is 27.7. The number of hydrogen-bond donors (Lipinski definition) is 2. The highest BCUT2D eigenvalue weighted by molar-refractivity contribution is 5.76. The average molecular weight is 594 g/mol. The van der Waals surface area contributed by atoms with Gasteiger partial charge in [0, 0.05) is 39.0 Å². The topological polar surface area (TPSA) is 70.7 Å². The Morgan fingerprint density at radius 1 is 0.548 bits per heavy atom. The van der Waals surface area contributed by atoms with Crippen molar-refractivity contribution in [2.45, 2.75) is 193 Å². The summed E-state index contributed by atoms with van der Waals surface area (Å²) in [5, 5.41) is 8.09. The number of nitrogens with one attached hydrogen (secondary N) is 2. The third kappa shape index (κ3) is 25.4. The zero-order valence-corrected chi connectivity index (χ0v) is 28.2. The summed E-state index contributed by atoms with van der Waals surface area (Å²) in [5.41, 5.74) is 0. The lowest BCUT2D eigenvalue weighted by atomic mass is 9.98. The summed E-state index contributed by atoms with van der Waals surface area (Å²) < 4.78 is 0. The number of carbonyl (C=O) groups excluding carboxylic acids is 2. The van der Waals surface area contributed by atoms with Gasteiger partial charge in [0.2, 0.25) is 11.8 Å². The first kappa shape index (κ1) is 38.9. The summed E-state index contributed by atoms with van der Waals surface area (Å²) in [6, 6.07) is 0. The molecule has 0 aromatic heterocycles. The quantitative estimate of drug-likeness (QED) is 0.0643. The predicted octanol–water partition coefficient (Wildman–Crippen LogP) is 9.41. The summed E-state index contributed by atoms with van der Waals surface area (Å²) in [5.74, 6) is 0.183. The molecule has 0 unspecified atom stereocenters. The lowest BCUT2D eigenvalue weighted by molar-refractivity contribution is -0.206. The molecular weight excluding hydrogens is 522 g/mol. The van der Waals surface area contributed by atoms with Crippen LogP contribution in [-0.2, 0) is 14.4 Å². The standard InChI is InChI=1S/C36H71N3O3/c1-3-5-7-9-11-13-15-17-19-24-30-37-35(40)28-32-39(42-34-26-22-21-23-27-34)33-29-36(41)38-31-25-20-18-16-14-12-10-8-6-4-2/h34H,3-33H2,1-2H3,(H,37,40)(H,38,41). The monoisotopic (exact) mass is 594 g/mol. The first-order valence-electron chi connectivity index (χ1n) is 18.6. The van der Waals surface area contributed by atoms with Gasteiger partial charge in [-0.15, -0.1) is 0 Å². The fraction of sp³-hybridized carbons (Fsp3) is 0.944. The maximum absolute atomic E-state index is 12.5. The van der Waals surface area contributed by atoms with Gasteiger partial charge >= 0.3 is 0 Å². The van der Waals surface area contributed by atoms with Crippen LogP contribution in [0.25, 0.3) is 0 Å². The van der Waals surface area contributed by atoms with E-state index < -0.39 is 0 Å². The van der Waals surface area contributed by atoms with Crippen molar-refractivity contribution in [3.63, 3.8) is 0 Å². The van der Waals surface area contributed by atoms with Crippen LogP contribution in [0.4, 0.5) is 0 Å². The van der Waals surface area contributed by atoms with E-state index in [1.807, 2.05) is 5.06 Å². The van der Waals surface area contributed by atoms with Gasteiger partial charge in [-0.25, -0.2) is 0 Å². The summed E-state index contributed by atoms with van der Waals surface area (Å²) in [6.45, 7) is 7.15. The second-order valence-corrected chi connectivity index (χ2v) is 12.9. The molecule has 0 aliphatic heterocycles. The van der Waals surface area contributed by atoms with E-state index >= 15 is 0 Å². The number of amides is 2. The molecule has 0 saturated heterocycles. The Morgan fingerprint density at radius 3 is 1.29 bits per heavy atom. The van der Waals surface area contributed by atoms with Gasteiger partial charge in [0.15, 0.2) is 0 Å². The van der Waals surface area contributed by atoms with Crippen LogP contribution in [0, 0.1) is 0 Å². The molecule has 0 aromatic rings. The van der Waals surface area contributed by atoms with Crippen molar-refractivity contribution in [2.75, 3.05) is 26.2 Å². The average Bonchev–Trinajstić information content (AvgIpc) is 3.00. The molecule has 0 bridgehead atoms. The molecule has 0 spiro atoms. The Bertz CT molecular complexity index is 568. The van der Waals surface area contributed by atoms with Crippen LogP contribution in [0.5, 0.6) is 0 Å². The first-order valence-corrected chi connectivity index (χ1v) is 18.6. The predicted molar refractivity (Wildman–Crippen MR) is 178 cm³/mol. The van der Waals surface area contributed by atoms with E-state index in [0.717, 1.165) is 38.8 Å². The second kappa shape index (κ2) is 29.9. The number of unbranched alkanes of at least 4 members (excludes halogenated alkanes) is 18. The van der Waals surface area contributed by atoms with Crippen molar-refractivity contribution in [3.8, 4) is 0 Å². The molecule has 0 radical (unpaired) electrons. The van der Waals surface area contributed by atoms with Gasteiger partial charge < -0.3 is 10.6 Å². The Labute approximate surface area is 261 Å². The van der Waals surface area contributed by atoms with E-state index in [9.17, 15) is 9.59 Å². The van der Waals surface area contributed by atoms with Crippen LogP contribution in [0.15, 0.2) is 0 Å². The molecule has 6 heteroatoms. The van der Waals surface area contributed by atoms with E-state index in [4.69, 9.17) is 4.84 Å². The lowest BCUT2D eigenvalue weighted by Crippen LogP contribution is -2.37. The van der Waals surface area contributed by atoms with E-state index in [1.165, 1.54) is 135 Å². The third-order valence-corrected chi connectivity index (χ3v) is 8.73. The molecule has 1 aliphatic rings. The number of carbonyl (C=O) groups is 2. The minimum atomic E-state index is 0.0913. The van der Waals surface area contributed by atoms with Crippen LogP contribution in [0.1, 0.15) is 187 Å². The molecule has 0 heterocycles. The Balaban J connectivity index is 2.14. The number of rotatable bonds is 30. The van der Waals surface area contributed by atoms with Crippen molar-refractivity contribution in [2.24, 2.45) is 0 Å². The normalized spacial score (nSPS) is 14.0. The van der Waals surface area contributed by atoms with Crippen molar-refractivity contribution in [1.29, 1.82) is 0 Å². The fourth-order valence-electron chi connectivity index (χ4n) is 5.91. The molecule has 1 rings (SSSR count). The smallest absolute Gasteiger partial charge is 0.221 e. The molecular formula is C36H71N3O3. The summed E-state index contributed by atoms with van der Waals surface area (Å²) in [4.78, 5) is 31.3. The van der Waals surface area contributed by atoms with Gasteiger partial charge in [-0.1, -0.05) is 149 Å². The molecule has 42 heavy (non-hydrogen) atoms. The van der Waals surface area contributed by atoms with Gasteiger partial charge in [0.05, 0.1) is 6.10 Å². The van der Waals surface area contributed by atoms with E-state index in [0.29, 0.717) is 25.9 Å². The van der Waals surface area contributed by atoms with Crippen LogP contribution < -0.4 is 10.6 Å². The Hall–Kier alpha value is -1.14. The van der Waals surface area contributed by atoms with Gasteiger partial charge in [0.25, 0.3) is 0 Å². The van der Waals surface area contributed by atoms with Crippen molar-refractivity contribution < 1.29 is 14.4 Å². The zero-order valence-electron chi connectivity index (χ0n) is 28.2. The van der Waals surface area contributed by atoms with Crippen molar-refractivity contribution >= 4 is 11.8 Å². The maximum Gasteiger partial charge on any atom is 0.221 e. The highest BCUT2D eigenvalue weighted by Crippen LogP contribution is 2.21. The SMILES string of the molecule is CCCCCCCCCCCCNC(=O)CCN(CCC(=O)NCCCCCCCCCCCC)OC1CCCCC1. The van der Waals surface area contributed by atoms with Gasteiger partial charge in [-0.3, -0.25) is 14.4 Å². The minimum absolute atomic E-state index is 0.0913. The molecule has 6 nitrogen and oxygen atoms in total. The van der Waals surface area contributed by atoms with Gasteiger partial charge in [-0.05, 0) is 25.7 Å². The molecule has 0 atom stereocenters. The highest BCUT2D eigenvalue weighted by Gasteiger charge is 2.19. The zero-order chi connectivity index (χ0) is 30.4. The summed E-state index contributed by atoms with van der Waals surface area (Å²) in [7, 11) is 0. The van der Waals surface area contributed by atoms with E-state index in [2.05, 4.69) is 24.5 Å². The minimum Gasteiger partial charge on any atom is -0.356 e. The largest absolute Gasteiger partial charge is 0.356 e. The highest BCUT2D eigenvalue weighted by atomic mass is 16.7. The molecule has 2 N–H and O–H groups in total. The van der Waals surface area contributed by atoms with Crippen LogP contribution >= 0.6 is 0 Å². The summed E-state index contributed by atoms with van der Waals surface area (Å²) >= 11 is 0. The molecule has 1 saturated carbocycles. The molecule has 1 aliphatic carbocycles. The van der Waals surface area contributed by atoms with E-state index in [1.54, 1.807) is 0 Å². The molecule has 248 valence electrons. The fourth-order valence-corrected chi connectivity index (χ4v) is 5.91. The first-order chi connectivity index (χ1) is 20.7. The van der Waals surface area contributed by atoms with Crippen LogP contribution in [-0.4, -0.2) is 49.2 Å². The molecule has 0 aromatic carbocycles.